The van der Waals surface area contributed by atoms with E-state index in [2.05, 4.69) is 47.8 Å². The van der Waals surface area contributed by atoms with Crippen molar-refractivity contribution < 1.29 is 60.0 Å². The number of rotatable bonds is 14. The lowest BCUT2D eigenvalue weighted by atomic mass is 10.1. The Morgan fingerprint density at radius 1 is 0.600 bits per heavy atom. The van der Waals surface area contributed by atoms with Gasteiger partial charge in [0.25, 0.3) is 17.8 Å². The number of nitrogens with zero attached hydrogens (tertiary/aromatic N) is 2. The second-order valence-electron chi connectivity index (χ2n) is 11.8. The van der Waals surface area contributed by atoms with Gasteiger partial charge in [-0.2, -0.15) is 10.5 Å². The van der Waals surface area contributed by atoms with E-state index in [1.54, 1.807) is 24.3 Å². The van der Waals surface area contributed by atoms with Gasteiger partial charge in [-0.05, 0) is 75.4 Å². The van der Waals surface area contributed by atoms with Crippen molar-refractivity contribution in [3.05, 3.63) is 84.7 Å². The summed E-state index contributed by atoms with van der Waals surface area (Å²) in [5.74, 6) is -11.6. The van der Waals surface area contributed by atoms with E-state index in [-0.39, 0.29) is 46.8 Å². The van der Waals surface area contributed by atoms with E-state index in [4.69, 9.17) is 29.8 Å². The lowest BCUT2D eigenvalue weighted by molar-refractivity contribution is -0.144. The molecule has 0 heterocycles. The Morgan fingerprint density at radius 3 is 1.07 bits per heavy atom. The summed E-state index contributed by atoms with van der Waals surface area (Å²) in [7, 11) is 0. The highest BCUT2D eigenvalue weighted by Gasteiger charge is 2.32. The van der Waals surface area contributed by atoms with E-state index < -0.39 is 53.6 Å². The summed E-state index contributed by atoms with van der Waals surface area (Å²) in [4.78, 5) is 33.5. The van der Waals surface area contributed by atoms with Crippen LogP contribution in [0.2, 0.25) is 0 Å². The number of hydrogen-bond donors (Lipinski definition) is 1. The van der Waals surface area contributed by atoms with Crippen LogP contribution in [0.4, 0.5) is 26.3 Å². The zero-order chi connectivity index (χ0) is 42.5. The van der Waals surface area contributed by atoms with Crippen LogP contribution < -0.4 is 14.2 Å². The van der Waals surface area contributed by atoms with Gasteiger partial charge in [0.05, 0.1) is 41.7 Å². The van der Waals surface area contributed by atoms with Crippen molar-refractivity contribution in [2.24, 2.45) is 0 Å². The number of carbonyl (C=O) groups is 3. The molecule has 298 valence electrons. The molecule has 9 nitrogen and oxygen atoms in total. The summed E-state index contributed by atoms with van der Waals surface area (Å²) >= 11 is 9.30. The van der Waals surface area contributed by atoms with Crippen LogP contribution >= 0.6 is 47.8 Å². The van der Waals surface area contributed by atoms with E-state index in [0.717, 1.165) is 20.8 Å². The number of halogens is 9. The van der Waals surface area contributed by atoms with Gasteiger partial charge in [0.2, 0.25) is 0 Å². The summed E-state index contributed by atoms with van der Waals surface area (Å²) < 4.78 is 97.4. The van der Waals surface area contributed by atoms with Crippen molar-refractivity contribution in [3.8, 4) is 29.4 Å². The number of carboxylic acid groups (broad SMARTS) is 1. The Morgan fingerprint density at radius 2 is 0.855 bits per heavy atom. The van der Waals surface area contributed by atoms with Crippen LogP contribution in [0.15, 0.2) is 68.0 Å². The standard InChI is InChI=1S/2C13H12BrF2NO2.C11H11BrF2O3/c2*1-8(11(18)5-6-17)19-12-4-3-9(14)7-10(12)13(2,15)16;1-6(10(15)16)17-9-4-3-7(12)5-8(9)11(2,13)14/h2*3-4,7-8H,5H2,1-2H3;3-6H,1-2H3,(H,15,16)/t2*8-;6-/m000/s1. The number of ketones is 2. The predicted molar refractivity (Wildman–Crippen MR) is 200 cm³/mol. The van der Waals surface area contributed by atoms with Crippen LogP contribution in [0.3, 0.4) is 0 Å². The van der Waals surface area contributed by atoms with Gasteiger partial charge in [-0.15, -0.1) is 0 Å². The molecule has 0 radical (unpaired) electrons. The first-order chi connectivity index (χ1) is 25.2. The van der Waals surface area contributed by atoms with E-state index in [9.17, 15) is 40.7 Å². The third kappa shape index (κ3) is 16.6. The minimum absolute atomic E-state index is 0.0607. The van der Waals surface area contributed by atoms with E-state index in [1.165, 1.54) is 63.2 Å². The minimum atomic E-state index is -3.10. The number of hydrogen-bond acceptors (Lipinski definition) is 8. The summed E-state index contributed by atoms with van der Waals surface area (Å²) in [5, 5.41) is 25.5. The smallest absolute Gasteiger partial charge is 0.344 e. The molecule has 18 heteroatoms. The Labute approximate surface area is 338 Å². The van der Waals surface area contributed by atoms with E-state index in [1.807, 2.05) is 0 Å². The summed E-state index contributed by atoms with van der Waals surface area (Å²) in [6.07, 6.45) is -3.69. The second-order valence-corrected chi connectivity index (χ2v) is 14.6. The lowest BCUT2D eigenvalue weighted by Crippen LogP contribution is -2.24. The molecule has 0 spiro atoms. The Bertz CT molecular complexity index is 1810. The van der Waals surface area contributed by atoms with Crippen LogP contribution in [0.25, 0.3) is 0 Å². The van der Waals surface area contributed by atoms with Gasteiger partial charge in [0.15, 0.2) is 29.9 Å². The summed E-state index contributed by atoms with van der Waals surface area (Å²) in [6, 6.07) is 15.8. The zero-order valence-corrected chi connectivity index (χ0v) is 34.8. The van der Waals surface area contributed by atoms with Crippen LogP contribution in [-0.4, -0.2) is 41.0 Å². The fourth-order valence-corrected chi connectivity index (χ4v) is 5.12. The molecular formula is C37H35Br3F6N2O7. The maximum absolute atomic E-state index is 13.5. The van der Waals surface area contributed by atoms with Crippen LogP contribution in [0.1, 0.15) is 71.1 Å². The fourth-order valence-electron chi connectivity index (χ4n) is 4.04. The van der Waals surface area contributed by atoms with Crippen molar-refractivity contribution in [1.29, 1.82) is 10.5 Å². The number of alkyl halides is 6. The average Bonchev–Trinajstić information content (AvgIpc) is 3.06. The summed E-state index contributed by atoms with van der Waals surface area (Å²) in [5.41, 5.74) is -0.961. The van der Waals surface area contributed by atoms with E-state index >= 15 is 0 Å². The SMILES string of the molecule is C[C@H](Oc1ccc(Br)cc1C(C)(F)F)C(=O)CC#N.C[C@H](Oc1ccc(Br)cc1C(C)(F)F)C(=O)CC#N.C[C@H](Oc1ccc(Br)cc1C(C)(F)F)C(=O)O. The molecule has 0 bridgehead atoms. The highest BCUT2D eigenvalue weighted by atomic mass is 79.9. The molecule has 3 aromatic rings. The minimum Gasteiger partial charge on any atom is -0.482 e. The van der Waals surface area contributed by atoms with Crippen molar-refractivity contribution in [3.63, 3.8) is 0 Å². The fraction of sp³-hybridized carbons (Fsp3) is 0.378. The van der Waals surface area contributed by atoms with Crippen LogP contribution in [0.5, 0.6) is 17.2 Å². The molecule has 0 saturated heterocycles. The highest BCUT2D eigenvalue weighted by molar-refractivity contribution is 9.11. The molecule has 55 heavy (non-hydrogen) atoms. The molecule has 0 aliphatic carbocycles. The first kappa shape index (κ1) is 48.9. The third-order valence-electron chi connectivity index (χ3n) is 6.92. The number of nitriles is 2. The molecule has 0 unspecified atom stereocenters. The molecule has 0 saturated carbocycles. The molecule has 0 aromatic heterocycles. The van der Waals surface area contributed by atoms with E-state index in [0.29, 0.717) is 13.4 Å². The van der Waals surface area contributed by atoms with Gasteiger partial charge < -0.3 is 19.3 Å². The summed E-state index contributed by atoms with van der Waals surface area (Å²) in [6.45, 7) is 6.38. The number of carbonyl (C=O) groups excluding carboxylic acids is 2. The number of benzene rings is 3. The highest BCUT2D eigenvalue weighted by Crippen LogP contribution is 2.39. The zero-order valence-electron chi connectivity index (χ0n) is 30.0. The number of carboxylic acids is 1. The van der Waals surface area contributed by atoms with Crippen molar-refractivity contribution >= 4 is 65.3 Å². The maximum atomic E-state index is 13.5. The number of aliphatic carboxylic acids is 1. The number of ether oxygens (including phenoxy) is 3. The normalized spacial score (nSPS) is 12.8. The van der Waals surface area contributed by atoms with Gasteiger partial charge in [-0.1, -0.05) is 47.8 Å². The molecule has 1 N–H and O–H groups in total. The molecule has 0 amide bonds. The predicted octanol–water partition coefficient (Wildman–Crippen LogP) is 11.0. The molecule has 0 fully saturated rings. The Balaban J connectivity index is 0.000000413. The van der Waals surface area contributed by atoms with Crippen LogP contribution in [-0.2, 0) is 32.2 Å². The monoisotopic (exact) mass is 970 g/mol. The van der Waals surface area contributed by atoms with Crippen molar-refractivity contribution in [1.82, 2.24) is 0 Å². The van der Waals surface area contributed by atoms with Gasteiger partial charge >= 0.3 is 5.97 Å². The Kier molecular flexibility index (Phi) is 18.9. The quantitative estimate of drug-likeness (QED) is 0.156. The molecule has 0 aliphatic heterocycles. The second kappa shape index (κ2) is 21.2. The molecule has 3 atom stereocenters. The maximum Gasteiger partial charge on any atom is 0.344 e. The topological polar surface area (TPSA) is 147 Å². The average molecular weight is 973 g/mol. The van der Waals surface area contributed by atoms with Crippen molar-refractivity contribution in [2.75, 3.05) is 0 Å². The first-order valence-electron chi connectivity index (χ1n) is 15.8. The molecular weight excluding hydrogens is 938 g/mol. The molecule has 3 aromatic carbocycles. The van der Waals surface area contributed by atoms with Gasteiger partial charge in [-0.3, -0.25) is 9.59 Å². The van der Waals surface area contributed by atoms with Gasteiger partial charge in [0.1, 0.15) is 17.2 Å². The van der Waals surface area contributed by atoms with Crippen LogP contribution in [0, 0.1) is 22.7 Å². The largest absolute Gasteiger partial charge is 0.482 e. The molecule has 0 aliphatic rings. The van der Waals surface area contributed by atoms with Gasteiger partial charge in [0, 0.05) is 34.2 Å². The third-order valence-corrected chi connectivity index (χ3v) is 8.40. The van der Waals surface area contributed by atoms with Crippen molar-refractivity contribution in [2.45, 2.75) is 90.5 Å². The first-order valence-corrected chi connectivity index (χ1v) is 18.2. The van der Waals surface area contributed by atoms with Gasteiger partial charge in [-0.25, -0.2) is 31.1 Å². The molecule has 3 rings (SSSR count). The Hall–Kier alpha value is -4.13. The lowest BCUT2D eigenvalue weighted by Gasteiger charge is -2.19. The number of Topliss-reactive ketones (excluding diaryl/α,β-unsaturated/α-hetero) is 2.